The Kier molecular flexibility index (Phi) is 6.21. The highest BCUT2D eigenvalue weighted by atomic mass is 32.1. The summed E-state index contributed by atoms with van der Waals surface area (Å²) in [5.74, 6) is 0. The average Bonchev–Trinajstić information content (AvgIpc) is 2.83. The van der Waals surface area contributed by atoms with Gasteiger partial charge in [0.15, 0.2) is 5.69 Å². The zero-order chi connectivity index (χ0) is 15.2. The zero-order valence-corrected chi connectivity index (χ0v) is 11.6. The van der Waals surface area contributed by atoms with Crippen molar-refractivity contribution in [3.8, 4) is 0 Å². The molecular weight excluding hydrogens is 295 g/mol. The van der Waals surface area contributed by atoms with Gasteiger partial charge in [-0.2, -0.15) is 13.2 Å². The molecule has 0 saturated carbocycles. The van der Waals surface area contributed by atoms with Crippen molar-refractivity contribution < 1.29 is 23.1 Å². The number of nitrogens with zero attached hydrogens (tertiary/aromatic N) is 1. The fourth-order valence-electron chi connectivity index (χ4n) is 1.39. The maximum absolute atomic E-state index is 12.3. The van der Waals surface area contributed by atoms with Crippen molar-refractivity contribution in [1.82, 2.24) is 15.6 Å². The monoisotopic (exact) mass is 311 g/mol. The lowest BCUT2D eigenvalue weighted by Crippen LogP contribution is -2.39. The molecule has 114 valence electrons. The molecule has 3 N–H and O–H groups in total. The quantitative estimate of drug-likeness (QED) is 0.753. The maximum atomic E-state index is 12.3. The van der Waals surface area contributed by atoms with E-state index in [0.29, 0.717) is 6.42 Å². The second-order valence-electron chi connectivity index (χ2n) is 4.13. The Hall–Kier alpha value is -1.35. The molecule has 5 nitrogen and oxygen atoms in total. The van der Waals surface area contributed by atoms with E-state index in [1.54, 1.807) is 0 Å². The number of nitrogens with one attached hydrogen (secondary N) is 2. The number of aromatic nitrogens is 1. The van der Waals surface area contributed by atoms with Crippen LogP contribution in [0.2, 0.25) is 0 Å². The van der Waals surface area contributed by atoms with Gasteiger partial charge in [-0.3, -0.25) is 0 Å². The Morgan fingerprint density at radius 1 is 1.50 bits per heavy atom. The van der Waals surface area contributed by atoms with Gasteiger partial charge in [0.1, 0.15) is 5.01 Å². The van der Waals surface area contributed by atoms with Crippen LogP contribution in [0.25, 0.3) is 0 Å². The summed E-state index contributed by atoms with van der Waals surface area (Å²) in [4.78, 5) is 14.7. The lowest BCUT2D eigenvalue weighted by molar-refractivity contribution is -0.140. The Balaban J connectivity index is 2.32. The molecule has 2 amide bonds. The van der Waals surface area contributed by atoms with Crippen LogP contribution in [-0.2, 0) is 12.7 Å². The first-order chi connectivity index (χ1) is 9.32. The van der Waals surface area contributed by atoms with Crippen LogP contribution in [0.4, 0.5) is 18.0 Å². The Bertz CT molecular complexity index is 437. The van der Waals surface area contributed by atoms with Crippen molar-refractivity contribution in [2.24, 2.45) is 0 Å². The van der Waals surface area contributed by atoms with Crippen LogP contribution in [0, 0.1) is 0 Å². The molecule has 0 radical (unpaired) electrons. The van der Waals surface area contributed by atoms with Crippen LogP contribution in [0.15, 0.2) is 5.38 Å². The number of hydrogen-bond donors (Lipinski definition) is 3. The van der Waals surface area contributed by atoms with Crippen LogP contribution in [0.1, 0.15) is 30.5 Å². The van der Waals surface area contributed by atoms with E-state index >= 15 is 0 Å². The number of aliphatic hydroxyl groups is 1. The number of carbonyl (C=O) groups is 1. The summed E-state index contributed by atoms with van der Waals surface area (Å²) in [7, 11) is 0. The van der Waals surface area contributed by atoms with Gasteiger partial charge in [-0.05, 0) is 6.42 Å². The van der Waals surface area contributed by atoms with E-state index in [-0.39, 0.29) is 18.1 Å². The molecule has 0 aliphatic rings. The first-order valence-corrected chi connectivity index (χ1v) is 6.92. The first kappa shape index (κ1) is 16.7. The highest BCUT2D eigenvalue weighted by Gasteiger charge is 2.33. The minimum absolute atomic E-state index is 0.0869. The van der Waals surface area contributed by atoms with Gasteiger partial charge in [0, 0.05) is 11.9 Å². The molecule has 1 rings (SSSR count). The van der Waals surface area contributed by atoms with Crippen molar-refractivity contribution in [2.75, 3.05) is 6.54 Å². The van der Waals surface area contributed by atoms with Crippen LogP contribution in [0.3, 0.4) is 0 Å². The molecule has 1 heterocycles. The van der Waals surface area contributed by atoms with Gasteiger partial charge in [0.05, 0.1) is 12.6 Å². The smallest absolute Gasteiger partial charge is 0.391 e. The minimum atomic E-state index is -4.47. The molecule has 1 aromatic rings. The van der Waals surface area contributed by atoms with E-state index in [4.69, 9.17) is 0 Å². The highest BCUT2D eigenvalue weighted by Crippen LogP contribution is 2.29. The molecule has 0 spiro atoms. The van der Waals surface area contributed by atoms with Crippen molar-refractivity contribution in [1.29, 1.82) is 0 Å². The summed E-state index contributed by atoms with van der Waals surface area (Å²) >= 11 is 0.828. The number of halogens is 3. The largest absolute Gasteiger partial charge is 0.434 e. The SMILES string of the molecule is CCCC(O)CNC(=O)NCc1nc(C(F)(F)F)cs1. The number of amides is 2. The first-order valence-electron chi connectivity index (χ1n) is 6.04. The van der Waals surface area contributed by atoms with E-state index in [0.717, 1.165) is 23.1 Å². The van der Waals surface area contributed by atoms with E-state index in [9.17, 15) is 23.1 Å². The molecule has 1 aromatic heterocycles. The number of aliphatic hydroxyl groups excluding tert-OH is 1. The van der Waals surface area contributed by atoms with Crippen LogP contribution in [0.5, 0.6) is 0 Å². The number of carbonyl (C=O) groups excluding carboxylic acids is 1. The fourth-order valence-corrected chi connectivity index (χ4v) is 2.13. The number of thiazole rings is 1. The lowest BCUT2D eigenvalue weighted by atomic mass is 10.2. The third-order valence-corrected chi connectivity index (χ3v) is 3.21. The van der Waals surface area contributed by atoms with Gasteiger partial charge < -0.3 is 15.7 Å². The summed E-state index contributed by atoms with van der Waals surface area (Å²) in [5.41, 5.74) is -0.960. The maximum Gasteiger partial charge on any atom is 0.434 e. The number of alkyl halides is 3. The molecule has 0 bridgehead atoms. The number of urea groups is 1. The predicted octanol–water partition coefficient (Wildman–Crippen LogP) is 2.12. The van der Waals surface area contributed by atoms with E-state index in [1.165, 1.54) is 0 Å². The van der Waals surface area contributed by atoms with Crippen molar-refractivity contribution in [3.05, 3.63) is 16.1 Å². The van der Waals surface area contributed by atoms with Crippen molar-refractivity contribution >= 4 is 17.4 Å². The third-order valence-electron chi connectivity index (χ3n) is 2.36. The number of hydrogen-bond acceptors (Lipinski definition) is 4. The Morgan fingerprint density at radius 2 is 2.20 bits per heavy atom. The van der Waals surface area contributed by atoms with Crippen LogP contribution < -0.4 is 10.6 Å². The van der Waals surface area contributed by atoms with Crippen molar-refractivity contribution in [2.45, 2.75) is 38.6 Å². The summed E-state index contributed by atoms with van der Waals surface area (Å²) in [5, 5.41) is 15.3. The van der Waals surface area contributed by atoms with Gasteiger partial charge in [0.25, 0.3) is 0 Å². The van der Waals surface area contributed by atoms with E-state index in [1.807, 2.05) is 6.92 Å². The molecule has 0 saturated heterocycles. The summed E-state index contributed by atoms with van der Waals surface area (Å²) in [6.45, 7) is 1.92. The molecule has 1 unspecified atom stereocenters. The Labute approximate surface area is 118 Å². The van der Waals surface area contributed by atoms with Gasteiger partial charge in [-0.25, -0.2) is 9.78 Å². The third kappa shape index (κ3) is 5.74. The van der Waals surface area contributed by atoms with Gasteiger partial charge in [-0.1, -0.05) is 13.3 Å². The topological polar surface area (TPSA) is 74.2 Å². The van der Waals surface area contributed by atoms with Crippen LogP contribution >= 0.6 is 11.3 Å². The second-order valence-corrected chi connectivity index (χ2v) is 5.07. The van der Waals surface area contributed by atoms with Crippen molar-refractivity contribution in [3.63, 3.8) is 0 Å². The van der Waals surface area contributed by atoms with Gasteiger partial charge in [0.2, 0.25) is 0 Å². The minimum Gasteiger partial charge on any atom is -0.391 e. The molecule has 0 aliphatic carbocycles. The number of rotatable bonds is 6. The predicted molar refractivity (Wildman–Crippen MR) is 68.3 cm³/mol. The molecule has 9 heteroatoms. The van der Waals surface area contributed by atoms with E-state index < -0.39 is 24.0 Å². The zero-order valence-electron chi connectivity index (χ0n) is 10.8. The molecular formula is C11H16F3N3O2S. The standard InChI is InChI=1S/C11H16F3N3O2S/c1-2-3-7(18)4-15-10(19)16-5-9-17-8(6-20-9)11(12,13)14/h6-7,18H,2-5H2,1H3,(H2,15,16,19). The molecule has 0 fully saturated rings. The highest BCUT2D eigenvalue weighted by molar-refractivity contribution is 7.09. The normalized spacial score (nSPS) is 13.1. The average molecular weight is 311 g/mol. The Morgan fingerprint density at radius 3 is 2.75 bits per heavy atom. The van der Waals surface area contributed by atoms with Crippen LogP contribution in [-0.4, -0.2) is 28.8 Å². The molecule has 1 atom stereocenters. The summed E-state index contributed by atoms with van der Waals surface area (Å²) < 4.78 is 36.9. The van der Waals surface area contributed by atoms with Gasteiger partial charge in [-0.15, -0.1) is 11.3 Å². The second kappa shape index (κ2) is 7.44. The lowest BCUT2D eigenvalue weighted by Gasteiger charge is -2.11. The fraction of sp³-hybridized carbons (Fsp3) is 0.636. The summed E-state index contributed by atoms with van der Waals surface area (Å²) in [6, 6.07) is -0.552. The van der Waals surface area contributed by atoms with Gasteiger partial charge >= 0.3 is 12.2 Å². The molecule has 0 aliphatic heterocycles. The van der Waals surface area contributed by atoms with E-state index in [2.05, 4.69) is 15.6 Å². The summed E-state index contributed by atoms with van der Waals surface area (Å²) in [6.07, 6.45) is -3.73. The molecule has 20 heavy (non-hydrogen) atoms. The molecule has 0 aromatic carbocycles.